The molecule has 0 aliphatic carbocycles. The zero-order valence-corrected chi connectivity index (χ0v) is 9.16. The van der Waals surface area contributed by atoms with Crippen LogP contribution in [0.4, 0.5) is 0 Å². The molecule has 6 heteroatoms. The van der Waals surface area contributed by atoms with Crippen LogP contribution in [0, 0.1) is 0 Å². The van der Waals surface area contributed by atoms with Crippen LogP contribution in [0.5, 0.6) is 0 Å². The first-order valence-electron chi connectivity index (χ1n) is 4.30. The number of aryl methyl sites for hydroxylation is 1. The number of aromatic nitrogens is 3. The van der Waals surface area contributed by atoms with Crippen LogP contribution >= 0.6 is 23.2 Å². The molecular formula is C9H7Cl2N3O. The van der Waals surface area contributed by atoms with Crippen molar-refractivity contribution in [3.63, 3.8) is 0 Å². The highest BCUT2D eigenvalue weighted by atomic mass is 35.5. The Hall–Kier alpha value is -1.13. The topological polar surface area (TPSA) is 47.3 Å². The summed E-state index contributed by atoms with van der Waals surface area (Å²) in [6, 6.07) is 0. The number of fused-ring (bicyclic) bond motifs is 1. The lowest BCUT2D eigenvalue weighted by Crippen LogP contribution is -1.98. The van der Waals surface area contributed by atoms with Crippen LogP contribution in [0.1, 0.15) is 15.9 Å². The Bertz CT molecular complexity index is 509. The number of nitrogens with zero attached hydrogens (tertiary/aromatic N) is 3. The van der Waals surface area contributed by atoms with Crippen molar-refractivity contribution in [2.75, 3.05) is 5.88 Å². The molecule has 0 bridgehead atoms. The summed E-state index contributed by atoms with van der Waals surface area (Å²) in [6.07, 6.45) is 4.52. The lowest BCUT2D eigenvalue weighted by molar-refractivity contribution is 0.112. The minimum atomic E-state index is 0.367. The monoisotopic (exact) mass is 243 g/mol. The van der Waals surface area contributed by atoms with Crippen LogP contribution < -0.4 is 0 Å². The van der Waals surface area contributed by atoms with Crippen molar-refractivity contribution in [1.29, 1.82) is 0 Å². The first kappa shape index (κ1) is 10.4. The summed E-state index contributed by atoms with van der Waals surface area (Å²) in [5.41, 5.74) is 1.71. The second-order valence-electron chi connectivity index (χ2n) is 2.98. The van der Waals surface area contributed by atoms with Crippen LogP contribution in [-0.4, -0.2) is 26.8 Å². The molecule has 0 aromatic carbocycles. The molecule has 0 N–H and O–H groups in total. The minimum absolute atomic E-state index is 0.367. The molecule has 0 aliphatic heterocycles. The van der Waals surface area contributed by atoms with Gasteiger partial charge in [0.2, 0.25) is 0 Å². The number of halogens is 2. The summed E-state index contributed by atoms with van der Waals surface area (Å²) in [5, 5.41) is 4.36. The van der Waals surface area contributed by atoms with E-state index in [-0.39, 0.29) is 0 Å². The fourth-order valence-corrected chi connectivity index (χ4v) is 1.72. The predicted octanol–water partition coefficient (Wildman–Crippen LogP) is 1.98. The van der Waals surface area contributed by atoms with E-state index in [1.165, 1.54) is 10.7 Å². The number of carbonyl (C=O) groups is 1. The third kappa shape index (κ3) is 1.82. The van der Waals surface area contributed by atoms with E-state index < -0.39 is 0 Å². The lowest BCUT2D eigenvalue weighted by Gasteiger charge is -2.01. The van der Waals surface area contributed by atoms with E-state index in [4.69, 9.17) is 23.2 Å². The van der Waals surface area contributed by atoms with Crippen molar-refractivity contribution in [3.8, 4) is 0 Å². The van der Waals surface area contributed by atoms with Gasteiger partial charge < -0.3 is 0 Å². The van der Waals surface area contributed by atoms with Crippen LogP contribution in [0.25, 0.3) is 5.65 Å². The molecule has 4 nitrogen and oxygen atoms in total. The Morgan fingerprint density at radius 1 is 1.53 bits per heavy atom. The number of hydrogen-bond donors (Lipinski definition) is 0. The summed E-state index contributed by atoms with van der Waals surface area (Å²) in [5.74, 6) is 0.467. The van der Waals surface area contributed by atoms with E-state index in [0.717, 1.165) is 5.56 Å². The smallest absolute Gasteiger partial charge is 0.167 e. The molecular weight excluding hydrogens is 237 g/mol. The Morgan fingerprint density at radius 3 is 3.00 bits per heavy atom. The Kier molecular flexibility index (Phi) is 2.88. The fraction of sp³-hybridized carbons (Fsp3) is 0.222. The molecule has 0 unspecified atom stereocenters. The average Bonchev–Trinajstić information content (AvgIpc) is 2.61. The normalized spacial score (nSPS) is 10.8. The SMILES string of the molecule is O=Cc1cnn2cc(CCCl)c(Cl)nc12. The molecule has 0 spiro atoms. The van der Waals surface area contributed by atoms with Gasteiger partial charge in [0.1, 0.15) is 5.15 Å². The van der Waals surface area contributed by atoms with Gasteiger partial charge >= 0.3 is 0 Å². The maximum Gasteiger partial charge on any atom is 0.167 e. The summed E-state index contributed by atoms with van der Waals surface area (Å²) >= 11 is 11.6. The first-order chi connectivity index (χ1) is 7.26. The summed E-state index contributed by atoms with van der Waals surface area (Å²) < 4.78 is 1.53. The van der Waals surface area contributed by atoms with Crippen LogP contribution in [-0.2, 0) is 6.42 Å². The third-order valence-electron chi connectivity index (χ3n) is 2.03. The summed E-state index contributed by atoms with van der Waals surface area (Å²) in [4.78, 5) is 14.7. The van der Waals surface area contributed by atoms with E-state index in [0.29, 0.717) is 35.0 Å². The lowest BCUT2D eigenvalue weighted by atomic mass is 10.2. The summed E-state index contributed by atoms with van der Waals surface area (Å²) in [7, 11) is 0. The van der Waals surface area contributed by atoms with Crippen LogP contribution in [0.2, 0.25) is 5.15 Å². The zero-order chi connectivity index (χ0) is 10.8. The molecule has 2 aromatic heterocycles. The standard InChI is InChI=1S/C9H7Cl2N3O/c10-2-1-6-4-14-9(13-8(6)11)7(5-15)3-12-14/h3-5H,1-2H2. The molecule has 2 rings (SSSR count). The Labute approximate surface area is 95.8 Å². The van der Waals surface area contributed by atoms with Crippen molar-refractivity contribution >= 4 is 35.1 Å². The molecule has 0 radical (unpaired) electrons. The van der Waals surface area contributed by atoms with Gasteiger partial charge in [-0.15, -0.1) is 11.6 Å². The molecule has 2 aromatic rings. The van der Waals surface area contributed by atoms with Gasteiger partial charge in [0.05, 0.1) is 11.8 Å². The molecule has 0 aliphatic rings. The molecule has 0 fully saturated rings. The molecule has 0 saturated heterocycles. The van der Waals surface area contributed by atoms with Gasteiger partial charge in [-0.1, -0.05) is 11.6 Å². The minimum Gasteiger partial charge on any atom is -0.298 e. The maximum atomic E-state index is 10.6. The fourth-order valence-electron chi connectivity index (χ4n) is 1.30. The number of aldehydes is 1. The highest BCUT2D eigenvalue weighted by molar-refractivity contribution is 6.30. The number of carbonyl (C=O) groups excluding carboxylic acids is 1. The van der Waals surface area contributed by atoms with Gasteiger partial charge in [0.25, 0.3) is 0 Å². The Morgan fingerprint density at radius 2 is 2.33 bits per heavy atom. The van der Waals surface area contributed by atoms with E-state index in [2.05, 4.69) is 10.1 Å². The largest absolute Gasteiger partial charge is 0.298 e. The van der Waals surface area contributed by atoms with Crippen LogP contribution in [0.3, 0.4) is 0 Å². The summed E-state index contributed by atoms with van der Waals surface area (Å²) in [6.45, 7) is 0. The molecule has 0 amide bonds. The Balaban J connectivity index is 2.61. The van der Waals surface area contributed by atoms with E-state index >= 15 is 0 Å². The number of hydrogen-bond acceptors (Lipinski definition) is 3. The molecule has 0 saturated carbocycles. The molecule has 15 heavy (non-hydrogen) atoms. The van der Waals surface area contributed by atoms with Crippen molar-refractivity contribution in [3.05, 3.63) is 28.7 Å². The second-order valence-corrected chi connectivity index (χ2v) is 3.72. The maximum absolute atomic E-state index is 10.6. The van der Waals surface area contributed by atoms with Gasteiger partial charge in [-0.3, -0.25) is 4.79 Å². The van der Waals surface area contributed by atoms with E-state index in [1.54, 1.807) is 6.20 Å². The van der Waals surface area contributed by atoms with Crippen molar-refractivity contribution in [2.45, 2.75) is 6.42 Å². The quantitative estimate of drug-likeness (QED) is 0.471. The zero-order valence-electron chi connectivity index (χ0n) is 7.65. The molecule has 0 atom stereocenters. The molecule has 78 valence electrons. The van der Waals surface area contributed by atoms with Crippen molar-refractivity contribution in [2.24, 2.45) is 0 Å². The highest BCUT2D eigenvalue weighted by Gasteiger charge is 2.09. The third-order valence-corrected chi connectivity index (χ3v) is 2.55. The van der Waals surface area contributed by atoms with Gasteiger partial charge in [-0.2, -0.15) is 5.10 Å². The van der Waals surface area contributed by atoms with Crippen LogP contribution in [0.15, 0.2) is 12.4 Å². The van der Waals surface area contributed by atoms with E-state index in [1.807, 2.05) is 0 Å². The van der Waals surface area contributed by atoms with Crippen molar-refractivity contribution in [1.82, 2.24) is 14.6 Å². The number of alkyl halides is 1. The van der Waals surface area contributed by atoms with E-state index in [9.17, 15) is 4.79 Å². The first-order valence-corrected chi connectivity index (χ1v) is 5.21. The van der Waals surface area contributed by atoms with Gasteiger partial charge in [0.15, 0.2) is 11.9 Å². The van der Waals surface area contributed by atoms with Crippen molar-refractivity contribution < 1.29 is 4.79 Å². The van der Waals surface area contributed by atoms with Gasteiger partial charge in [-0.05, 0) is 6.42 Å². The van der Waals surface area contributed by atoms with Gasteiger partial charge in [-0.25, -0.2) is 9.50 Å². The van der Waals surface area contributed by atoms with Gasteiger partial charge in [0, 0.05) is 17.6 Å². The molecule has 2 heterocycles. The average molecular weight is 244 g/mol. The highest BCUT2D eigenvalue weighted by Crippen LogP contribution is 2.16. The second kappa shape index (κ2) is 4.16. The number of rotatable bonds is 3. The predicted molar refractivity (Wildman–Crippen MR) is 57.8 cm³/mol.